The minimum atomic E-state index is 0.0184. The predicted molar refractivity (Wildman–Crippen MR) is 97.8 cm³/mol. The summed E-state index contributed by atoms with van der Waals surface area (Å²) < 4.78 is 1.98. The highest BCUT2D eigenvalue weighted by atomic mass is 16.2. The Balaban J connectivity index is 2.15. The van der Waals surface area contributed by atoms with Gasteiger partial charge in [0.25, 0.3) is 0 Å². The zero-order valence-corrected chi connectivity index (χ0v) is 14.9. The Morgan fingerprint density at radius 2 is 1.76 bits per heavy atom. The van der Waals surface area contributed by atoms with Crippen LogP contribution in [0, 0.1) is 6.92 Å². The molecular weight excluding hydrogens is 314 g/mol. The van der Waals surface area contributed by atoms with E-state index in [4.69, 9.17) is 4.98 Å². The van der Waals surface area contributed by atoms with Crippen molar-refractivity contribution in [1.82, 2.24) is 14.3 Å². The number of imidazole rings is 1. The lowest BCUT2D eigenvalue weighted by molar-refractivity contribution is -0.128. The van der Waals surface area contributed by atoms with E-state index in [-0.39, 0.29) is 18.1 Å². The molecule has 0 saturated carbocycles. The average Bonchev–Trinajstić information content (AvgIpc) is 2.92. The molecule has 0 unspecified atom stereocenters. The first-order valence-electron chi connectivity index (χ1n) is 8.16. The Morgan fingerprint density at radius 3 is 2.36 bits per heavy atom. The number of aromatic nitrogens is 2. The lowest BCUT2D eigenvalue weighted by atomic mass is 10.0. The van der Waals surface area contributed by atoms with Crippen LogP contribution >= 0.6 is 0 Å². The zero-order chi connectivity index (χ0) is 18.1. The maximum absolute atomic E-state index is 12.3. The highest BCUT2D eigenvalue weighted by molar-refractivity contribution is 5.94. The van der Waals surface area contributed by atoms with Crippen LogP contribution in [0.3, 0.4) is 0 Å². The van der Waals surface area contributed by atoms with E-state index in [9.17, 15) is 9.59 Å². The van der Waals surface area contributed by atoms with Crippen LogP contribution < -0.4 is 0 Å². The van der Waals surface area contributed by atoms with Crippen LogP contribution in [0.2, 0.25) is 0 Å². The van der Waals surface area contributed by atoms with Gasteiger partial charge >= 0.3 is 0 Å². The quantitative estimate of drug-likeness (QED) is 0.688. The number of hydrogen-bond donors (Lipinski definition) is 0. The first kappa shape index (κ1) is 16.9. The largest absolute Gasteiger partial charge is 0.348 e. The molecule has 0 N–H and O–H groups in total. The van der Waals surface area contributed by atoms with E-state index in [2.05, 4.69) is 0 Å². The molecule has 1 amide bonds. The maximum Gasteiger partial charge on any atom is 0.228 e. The molecule has 0 aliphatic carbocycles. The molecule has 2 aromatic heterocycles. The van der Waals surface area contributed by atoms with Crippen molar-refractivity contribution in [3.63, 3.8) is 0 Å². The van der Waals surface area contributed by atoms with E-state index in [1.165, 1.54) is 0 Å². The summed E-state index contributed by atoms with van der Waals surface area (Å²) in [6.07, 6.45) is 2.26. The SMILES string of the molecule is CC(=O)c1ccc(-c2nc3ccc(C)cn3c2CC(=O)N(C)C)cc1. The van der Waals surface area contributed by atoms with E-state index in [1.54, 1.807) is 38.1 Å². The predicted octanol–water partition coefficient (Wildman–Crippen LogP) is 3.14. The van der Waals surface area contributed by atoms with E-state index < -0.39 is 0 Å². The number of aryl methyl sites for hydroxylation is 1. The molecule has 0 atom stereocenters. The van der Waals surface area contributed by atoms with E-state index >= 15 is 0 Å². The Morgan fingerprint density at radius 1 is 1.08 bits per heavy atom. The van der Waals surface area contributed by atoms with Gasteiger partial charge in [-0.15, -0.1) is 0 Å². The van der Waals surface area contributed by atoms with Gasteiger partial charge in [0, 0.05) is 31.4 Å². The molecular formula is C20H21N3O2. The van der Waals surface area contributed by atoms with Gasteiger partial charge in [-0.05, 0) is 25.5 Å². The van der Waals surface area contributed by atoms with Gasteiger partial charge in [-0.25, -0.2) is 4.98 Å². The number of hydrogen-bond acceptors (Lipinski definition) is 3. The second-order valence-electron chi connectivity index (χ2n) is 6.44. The first-order chi connectivity index (χ1) is 11.9. The molecule has 128 valence electrons. The van der Waals surface area contributed by atoms with Gasteiger partial charge in [0.2, 0.25) is 5.91 Å². The molecule has 1 aromatic carbocycles. The molecule has 0 bridgehead atoms. The number of Topliss-reactive ketones (excluding diaryl/α,β-unsaturated/α-hetero) is 1. The fraction of sp³-hybridized carbons (Fsp3) is 0.250. The fourth-order valence-electron chi connectivity index (χ4n) is 2.76. The molecule has 0 fully saturated rings. The van der Waals surface area contributed by atoms with E-state index in [0.29, 0.717) is 5.56 Å². The number of pyridine rings is 1. The van der Waals surface area contributed by atoms with Crippen LogP contribution in [0.25, 0.3) is 16.9 Å². The molecule has 5 heteroatoms. The van der Waals surface area contributed by atoms with Gasteiger partial charge in [-0.2, -0.15) is 0 Å². The lowest BCUT2D eigenvalue weighted by Crippen LogP contribution is -2.24. The van der Waals surface area contributed by atoms with Crippen molar-refractivity contribution in [3.05, 3.63) is 59.4 Å². The second kappa shape index (κ2) is 6.51. The topological polar surface area (TPSA) is 54.7 Å². The third kappa shape index (κ3) is 3.31. The highest BCUT2D eigenvalue weighted by Crippen LogP contribution is 2.26. The van der Waals surface area contributed by atoms with Gasteiger partial charge in [-0.1, -0.05) is 30.3 Å². The molecule has 0 radical (unpaired) electrons. The molecule has 3 rings (SSSR count). The highest BCUT2D eigenvalue weighted by Gasteiger charge is 2.18. The summed E-state index contributed by atoms with van der Waals surface area (Å²) in [7, 11) is 3.50. The lowest BCUT2D eigenvalue weighted by Gasteiger charge is -2.11. The fourth-order valence-corrected chi connectivity index (χ4v) is 2.76. The van der Waals surface area contributed by atoms with Gasteiger partial charge in [-0.3, -0.25) is 9.59 Å². The Bertz CT molecular complexity index is 953. The monoisotopic (exact) mass is 335 g/mol. The van der Waals surface area contributed by atoms with Gasteiger partial charge in [0.1, 0.15) is 5.65 Å². The number of fused-ring (bicyclic) bond motifs is 1. The number of benzene rings is 1. The average molecular weight is 335 g/mol. The number of carbonyl (C=O) groups is 2. The van der Waals surface area contributed by atoms with Crippen LogP contribution in [-0.2, 0) is 11.2 Å². The third-order valence-electron chi connectivity index (χ3n) is 4.25. The minimum absolute atomic E-state index is 0.0184. The van der Waals surface area contributed by atoms with Crippen molar-refractivity contribution in [2.45, 2.75) is 20.3 Å². The number of nitrogens with zero attached hydrogens (tertiary/aromatic N) is 3. The Hall–Kier alpha value is -2.95. The number of likely N-dealkylation sites (N-methyl/N-ethyl adjacent to an activating group) is 1. The molecule has 0 spiro atoms. The summed E-state index contributed by atoms with van der Waals surface area (Å²) in [6, 6.07) is 11.3. The summed E-state index contributed by atoms with van der Waals surface area (Å²) in [4.78, 5) is 30.1. The van der Waals surface area contributed by atoms with Crippen LogP contribution in [0.4, 0.5) is 0 Å². The van der Waals surface area contributed by atoms with Crippen LogP contribution in [0.5, 0.6) is 0 Å². The number of amides is 1. The molecule has 0 saturated heterocycles. The van der Waals surface area contributed by atoms with Crippen LogP contribution in [-0.4, -0.2) is 40.1 Å². The Kier molecular flexibility index (Phi) is 4.40. The van der Waals surface area contributed by atoms with Crippen molar-refractivity contribution in [2.75, 3.05) is 14.1 Å². The van der Waals surface area contributed by atoms with Crippen molar-refractivity contribution in [2.24, 2.45) is 0 Å². The molecule has 3 aromatic rings. The second-order valence-corrected chi connectivity index (χ2v) is 6.44. The summed E-state index contributed by atoms with van der Waals surface area (Å²) in [6.45, 7) is 3.56. The minimum Gasteiger partial charge on any atom is -0.348 e. The standard InChI is InChI=1S/C20H21N3O2/c1-13-5-10-18-21-20(16-8-6-15(7-9-16)14(2)24)17(23(18)12-13)11-19(25)22(3)4/h5-10,12H,11H2,1-4H3. The van der Waals surface area contributed by atoms with E-state index in [1.807, 2.05) is 41.8 Å². The molecule has 0 aliphatic rings. The van der Waals surface area contributed by atoms with Crippen molar-refractivity contribution in [3.8, 4) is 11.3 Å². The van der Waals surface area contributed by atoms with Crippen molar-refractivity contribution in [1.29, 1.82) is 0 Å². The maximum atomic E-state index is 12.3. The van der Waals surface area contributed by atoms with E-state index in [0.717, 1.165) is 28.2 Å². The van der Waals surface area contributed by atoms with Gasteiger partial charge in [0.15, 0.2) is 5.78 Å². The first-order valence-corrected chi connectivity index (χ1v) is 8.16. The summed E-state index contributed by atoms with van der Waals surface area (Å²) in [5, 5.41) is 0. The summed E-state index contributed by atoms with van der Waals surface area (Å²) in [5.74, 6) is 0.0464. The van der Waals surface area contributed by atoms with Crippen molar-refractivity contribution >= 4 is 17.3 Å². The zero-order valence-electron chi connectivity index (χ0n) is 14.9. The number of carbonyl (C=O) groups excluding carboxylic acids is 2. The van der Waals surface area contributed by atoms with Crippen LogP contribution in [0.15, 0.2) is 42.6 Å². The summed E-state index contributed by atoms with van der Waals surface area (Å²) >= 11 is 0. The molecule has 0 aliphatic heterocycles. The Labute approximate surface area is 146 Å². The normalized spacial score (nSPS) is 10.9. The number of ketones is 1. The van der Waals surface area contributed by atoms with Gasteiger partial charge in [0.05, 0.1) is 17.8 Å². The van der Waals surface area contributed by atoms with Crippen molar-refractivity contribution < 1.29 is 9.59 Å². The molecule has 25 heavy (non-hydrogen) atoms. The molecule has 2 heterocycles. The molecule has 5 nitrogen and oxygen atoms in total. The third-order valence-corrected chi connectivity index (χ3v) is 4.25. The number of rotatable bonds is 4. The smallest absolute Gasteiger partial charge is 0.228 e. The summed E-state index contributed by atoms with van der Waals surface area (Å²) in [5.41, 5.74) is 5.09. The van der Waals surface area contributed by atoms with Gasteiger partial charge < -0.3 is 9.30 Å². The van der Waals surface area contributed by atoms with Crippen LogP contribution in [0.1, 0.15) is 28.5 Å².